The number of fused-ring (bicyclic) bond motifs is 2. The Bertz CT molecular complexity index is 1140. The number of para-hydroxylation sites is 1. The van der Waals surface area contributed by atoms with Gasteiger partial charge in [0.1, 0.15) is 5.75 Å². The lowest BCUT2D eigenvalue weighted by Gasteiger charge is -2.18. The van der Waals surface area contributed by atoms with Crippen molar-refractivity contribution in [3.8, 4) is 5.75 Å². The van der Waals surface area contributed by atoms with E-state index < -0.39 is 23.6 Å². The van der Waals surface area contributed by atoms with Crippen molar-refractivity contribution >= 4 is 34.1 Å². The van der Waals surface area contributed by atoms with Crippen LogP contribution in [0.3, 0.4) is 0 Å². The number of amides is 1. The van der Waals surface area contributed by atoms with Crippen LogP contribution in [0.15, 0.2) is 60.7 Å². The van der Waals surface area contributed by atoms with Gasteiger partial charge in [-0.3, -0.25) is 19.3 Å². The molecule has 0 bridgehead atoms. The average molecular weight is 389 g/mol. The first kappa shape index (κ1) is 18.7. The highest BCUT2D eigenvalue weighted by atomic mass is 16.5. The van der Waals surface area contributed by atoms with Gasteiger partial charge in [0.25, 0.3) is 5.78 Å². The third-order valence-electron chi connectivity index (χ3n) is 5.14. The molecule has 0 aliphatic carbocycles. The zero-order chi connectivity index (χ0) is 20.5. The van der Waals surface area contributed by atoms with E-state index >= 15 is 0 Å². The second-order valence-electron chi connectivity index (χ2n) is 6.87. The van der Waals surface area contributed by atoms with Crippen molar-refractivity contribution in [3.05, 3.63) is 71.8 Å². The monoisotopic (exact) mass is 389 g/mol. The fourth-order valence-electron chi connectivity index (χ4n) is 3.40. The molecule has 1 atom stereocenters. The lowest BCUT2D eigenvalue weighted by atomic mass is 9.98. The van der Waals surface area contributed by atoms with Crippen molar-refractivity contribution in [2.45, 2.75) is 12.8 Å². The van der Waals surface area contributed by atoms with E-state index in [1.165, 1.54) is 4.90 Å². The molecule has 1 aliphatic heterocycles. The molecule has 1 heterocycles. The Labute approximate surface area is 167 Å². The van der Waals surface area contributed by atoms with E-state index in [-0.39, 0.29) is 6.73 Å². The maximum atomic E-state index is 12.6. The number of hydrogen-bond donors (Lipinski definition) is 0. The van der Waals surface area contributed by atoms with E-state index in [0.29, 0.717) is 11.3 Å². The molecule has 0 radical (unpaired) electrons. The van der Waals surface area contributed by atoms with E-state index in [4.69, 9.17) is 9.47 Å². The molecule has 0 spiro atoms. The number of anilines is 1. The van der Waals surface area contributed by atoms with E-state index in [9.17, 15) is 14.4 Å². The van der Waals surface area contributed by atoms with Gasteiger partial charge in [0.2, 0.25) is 0 Å². The number of nitrogens with zero attached hydrogens (tertiary/aromatic N) is 1. The van der Waals surface area contributed by atoms with Crippen molar-refractivity contribution in [1.29, 1.82) is 0 Å². The molecule has 4 rings (SSSR count). The van der Waals surface area contributed by atoms with Gasteiger partial charge >= 0.3 is 11.9 Å². The fraction of sp³-hybridized carbons (Fsp3) is 0.174. The summed E-state index contributed by atoms with van der Waals surface area (Å²) in [6.07, 6.45) is 0. The molecule has 0 N–H and O–H groups in total. The number of rotatable bonds is 5. The molecule has 6 heteroatoms. The summed E-state index contributed by atoms with van der Waals surface area (Å²) < 4.78 is 10.6. The number of benzene rings is 3. The summed E-state index contributed by atoms with van der Waals surface area (Å²) in [7, 11) is 1.62. The maximum Gasteiger partial charge on any atom is 0.314 e. The lowest BCUT2D eigenvalue weighted by molar-refractivity contribution is -0.145. The molecule has 3 aromatic carbocycles. The van der Waals surface area contributed by atoms with Crippen molar-refractivity contribution in [1.82, 2.24) is 0 Å². The SMILES string of the molecule is COc1ccc2cc(C(C)C(=O)OCN3C(=O)C(=O)c4ccccc43)ccc2c1. The number of ketones is 1. The van der Waals surface area contributed by atoms with Gasteiger partial charge in [0.15, 0.2) is 6.73 Å². The standard InChI is InChI=1S/C23H19NO5/c1-14(15-7-8-17-12-18(28-2)10-9-16(17)11-15)23(27)29-13-24-20-6-4-3-5-19(20)21(25)22(24)26/h3-12,14H,13H2,1-2H3. The smallest absolute Gasteiger partial charge is 0.314 e. The topological polar surface area (TPSA) is 72.9 Å². The summed E-state index contributed by atoms with van der Waals surface area (Å²) in [6, 6.07) is 18.1. The Balaban J connectivity index is 1.48. The average Bonchev–Trinajstić information content (AvgIpc) is 3.00. The number of methoxy groups -OCH3 is 1. The molecule has 1 amide bonds. The summed E-state index contributed by atoms with van der Waals surface area (Å²) in [4.78, 5) is 38.0. The van der Waals surface area contributed by atoms with E-state index in [1.807, 2.05) is 36.4 Å². The van der Waals surface area contributed by atoms with Crippen molar-refractivity contribution in [2.24, 2.45) is 0 Å². The summed E-state index contributed by atoms with van der Waals surface area (Å²) in [5.41, 5.74) is 1.59. The molecule has 0 aromatic heterocycles. The van der Waals surface area contributed by atoms with Crippen LogP contribution in [0.25, 0.3) is 10.8 Å². The van der Waals surface area contributed by atoms with Crippen LogP contribution in [0.1, 0.15) is 28.8 Å². The molecule has 1 aliphatic rings. The molecule has 0 saturated heterocycles. The van der Waals surface area contributed by atoms with Crippen molar-refractivity contribution in [2.75, 3.05) is 18.7 Å². The van der Waals surface area contributed by atoms with E-state index in [0.717, 1.165) is 22.1 Å². The van der Waals surface area contributed by atoms with Crippen molar-refractivity contribution < 1.29 is 23.9 Å². The molecule has 6 nitrogen and oxygen atoms in total. The molecular formula is C23H19NO5. The second-order valence-corrected chi connectivity index (χ2v) is 6.87. The first-order valence-electron chi connectivity index (χ1n) is 9.19. The highest BCUT2D eigenvalue weighted by molar-refractivity contribution is 6.52. The third kappa shape index (κ3) is 3.33. The summed E-state index contributed by atoms with van der Waals surface area (Å²) in [6.45, 7) is 1.45. The second kappa shape index (κ2) is 7.39. The van der Waals surface area contributed by atoms with Gasteiger partial charge in [0.05, 0.1) is 24.3 Å². The Kier molecular flexibility index (Phi) is 4.76. The van der Waals surface area contributed by atoms with Gasteiger partial charge in [-0.15, -0.1) is 0 Å². The minimum absolute atomic E-state index is 0.296. The first-order valence-corrected chi connectivity index (χ1v) is 9.19. The Morgan fingerprint density at radius 2 is 1.72 bits per heavy atom. The Morgan fingerprint density at radius 1 is 1.00 bits per heavy atom. The molecular weight excluding hydrogens is 370 g/mol. The largest absolute Gasteiger partial charge is 0.497 e. The van der Waals surface area contributed by atoms with E-state index in [1.54, 1.807) is 38.3 Å². The van der Waals surface area contributed by atoms with Crippen LogP contribution in [-0.4, -0.2) is 31.5 Å². The molecule has 29 heavy (non-hydrogen) atoms. The predicted octanol–water partition coefficient (Wildman–Crippen LogP) is 3.68. The van der Waals surface area contributed by atoms with Crippen LogP contribution in [-0.2, 0) is 14.3 Å². The zero-order valence-corrected chi connectivity index (χ0v) is 16.0. The number of Topliss-reactive ketones (excluding diaryl/α,β-unsaturated/α-hetero) is 1. The minimum atomic E-state index is -0.689. The summed E-state index contributed by atoms with van der Waals surface area (Å²) in [5.74, 6) is -1.50. The van der Waals surface area contributed by atoms with Crippen LogP contribution >= 0.6 is 0 Å². The summed E-state index contributed by atoms with van der Waals surface area (Å²) >= 11 is 0. The van der Waals surface area contributed by atoms with Crippen molar-refractivity contribution in [3.63, 3.8) is 0 Å². The quantitative estimate of drug-likeness (QED) is 0.492. The third-order valence-corrected chi connectivity index (χ3v) is 5.14. The minimum Gasteiger partial charge on any atom is -0.497 e. The van der Waals surface area contributed by atoms with Crippen LogP contribution in [0, 0.1) is 0 Å². The van der Waals surface area contributed by atoms with Gasteiger partial charge in [-0.05, 0) is 47.5 Å². The van der Waals surface area contributed by atoms with Crippen LogP contribution in [0.4, 0.5) is 5.69 Å². The van der Waals surface area contributed by atoms with Gasteiger partial charge in [0, 0.05) is 0 Å². The Morgan fingerprint density at radius 3 is 2.52 bits per heavy atom. The number of esters is 1. The number of carbonyl (C=O) groups is 3. The van der Waals surface area contributed by atoms with Gasteiger partial charge in [-0.2, -0.15) is 0 Å². The van der Waals surface area contributed by atoms with Gasteiger partial charge < -0.3 is 9.47 Å². The zero-order valence-electron chi connectivity index (χ0n) is 16.0. The molecule has 146 valence electrons. The number of ether oxygens (including phenoxy) is 2. The fourth-order valence-corrected chi connectivity index (χ4v) is 3.40. The van der Waals surface area contributed by atoms with Crippen LogP contribution in [0.2, 0.25) is 0 Å². The number of hydrogen-bond acceptors (Lipinski definition) is 5. The number of carbonyl (C=O) groups excluding carboxylic acids is 3. The first-order chi connectivity index (χ1) is 14.0. The normalized spacial score (nSPS) is 14.1. The predicted molar refractivity (Wildman–Crippen MR) is 108 cm³/mol. The van der Waals surface area contributed by atoms with Gasteiger partial charge in [-0.25, -0.2) is 0 Å². The van der Waals surface area contributed by atoms with Crippen LogP contribution < -0.4 is 9.64 Å². The lowest BCUT2D eigenvalue weighted by Crippen LogP contribution is -2.33. The van der Waals surface area contributed by atoms with E-state index in [2.05, 4.69) is 0 Å². The molecule has 0 saturated carbocycles. The maximum absolute atomic E-state index is 12.6. The molecule has 3 aromatic rings. The van der Waals surface area contributed by atoms with Gasteiger partial charge in [-0.1, -0.05) is 36.4 Å². The molecule has 0 fully saturated rings. The summed E-state index contributed by atoms with van der Waals surface area (Å²) in [5, 5.41) is 1.99. The van der Waals surface area contributed by atoms with Crippen LogP contribution in [0.5, 0.6) is 5.75 Å². The molecule has 1 unspecified atom stereocenters. The highest BCUT2D eigenvalue weighted by Gasteiger charge is 2.36. The highest BCUT2D eigenvalue weighted by Crippen LogP contribution is 2.29. The Hall–Kier alpha value is -3.67.